The zero-order valence-corrected chi connectivity index (χ0v) is 19.7. The van der Waals surface area contributed by atoms with Gasteiger partial charge in [-0.25, -0.2) is 0 Å². The van der Waals surface area contributed by atoms with E-state index in [0.29, 0.717) is 64.3 Å². The number of carbonyl (C=O) groups excluding carboxylic acids is 2. The van der Waals surface area contributed by atoms with E-state index in [9.17, 15) is 14.7 Å². The van der Waals surface area contributed by atoms with Crippen LogP contribution in [-0.2, 0) is 0 Å². The second kappa shape index (κ2) is 9.95. The van der Waals surface area contributed by atoms with Crippen LogP contribution in [-0.4, -0.2) is 47.4 Å². The third-order valence-electron chi connectivity index (χ3n) is 5.99. The van der Waals surface area contributed by atoms with Crippen LogP contribution in [0.4, 0.5) is 0 Å². The van der Waals surface area contributed by atoms with Gasteiger partial charge in [0.05, 0.1) is 11.3 Å². The van der Waals surface area contributed by atoms with Gasteiger partial charge in [-0.15, -0.1) is 0 Å². The van der Waals surface area contributed by atoms with Crippen LogP contribution in [0, 0.1) is 0 Å². The average Bonchev–Trinajstić information content (AvgIpc) is 3.49. The average molecular weight is 484 g/mol. The Hall–Kier alpha value is -4.59. The summed E-state index contributed by atoms with van der Waals surface area (Å²) >= 11 is 0. The van der Waals surface area contributed by atoms with E-state index in [-0.39, 0.29) is 24.4 Å². The Morgan fingerprint density at radius 3 is 2.56 bits per heavy atom. The minimum Gasteiger partial charge on any atom is -0.494 e. The summed E-state index contributed by atoms with van der Waals surface area (Å²) in [6, 6.07) is 19.8. The van der Waals surface area contributed by atoms with Crippen LogP contribution in [0.25, 0.3) is 10.9 Å². The number of benzene rings is 3. The molecule has 2 heterocycles. The maximum atomic E-state index is 12.3. The molecule has 1 amide bonds. The van der Waals surface area contributed by atoms with Crippen LogP contribution in [0.3, 0.4) is 0 Å². The smallest absolute Gasteiger partial charge is 0.251 e. The van der Waals surface area contributed by atoms with E-state index in [2.05, 4.69) is 10.3 Å². The summed E-state index contributed by atoms with van der Waals surface area (Å²) in [7, 11) is 0. The predicted octanol–water partition coefficient (Wildman–Crippen LogP) is 4.46. The van der Waals surface area contributed by atoms with Gasteiger partial charge in [-0.3, -0.25) is 14.6 Å². The Balaban J connectivity index is 1.44. The maximum absolute atomic E-state index is 12.3. The summed E-state index contributed by atoms with van der Waals surface area (Å²) in [6.45, 7) is 2.49. The van der Waals surface area contributed by atoms with E-state index in [1.165, 1.54) is 6.92 Å². The number of ether oxygens (including phenoxy) is 2. The van der Waals surface area contributed by atoms with Crippen molar-refractivity contribution in [2.75, 3.05) is 19.9 Å². The number of nitrogens with zero attached hydrogens (tertiary/aromatic N) is 1. The Labute approximate surface area is 207 Å². The number of fused-ring (bicyclic) bond motifs is 2. The number of nitrogens with one attached hydrogen (secondary N) is 2. The molecule has 0 radical (unpaired) electrons. The molecule has 5 rings (SSSR count). The highest BCUT2D eigenvalue weighted by molar-refractivity contribution is 6.21. The highest BCUT2D eigenvalue weighted by Gasteiger charge is 2.22. The van der Waals surface area contributed by atoms with Crippen molar-refractivity contribution in [2.24, 2.45) is 4.99 Å². The van der Waals surface area contributed by atoms with Gasteiger partial charge in [0, 0.05) is 40.7 Å². The van der Waals surface area contributed by atoms with E-state index in [1.54, 1.807) is 36.4 Å². The van der Waals surface area contributed by atoms with Gasteiger partial charge in [-0.1, -0.05) is 18.2 Å². The molecule has 36 heavy (non-hydrogen) atoms. The number of hydrogen-bond donors (Lipinski definition) is 3. The maximum Gasteiger partial charge on any atom is 0.251 e. The number of aromatic nitrogens is 1. The lowest BCUT2D eigenvalue weighted by Crippen LogP contribution is -2.24. The van der Waals surface area contributed by atoms with Gasteiger partial charge < -0.3 is 24.9 Å². The van der Waals surface area contributed by atoms with Crippen molar-refractivity contribution < 1.29 is 24.2 Å². The summed E-state index contributed by atoms with van der Waals surface area (Å²) in [6.07, 6.45) is 0.592. The van der Waals surface area contributed by atoms with Gasteiger partial charge in [-0.05, 0) is 61.9 Å². The first-order chi connectivity index (χ1) is 17.5. The van der Waals surface area contributed by atoms with Crippen molar-refractivity contribution in [3.05, 3.63) is 89.0 Å². The van der Waals surface area contributed by atoms with Crippen molar-refractivity contribution in [1.29, 1.82) is 0 Å². The number of ketones is 1. The minimum absolute atomic E-state index is 0.0421. The van der Waals surface area contributed by atoms with Crippen LogP contribution >= 0.6 is 0 Å². The number of aromatic hydroxyl groups is 1. The molecule has 0 unspecified atom stereocenters. The van der Waals surface area contributed by atoms with Gasteiger partial charge in [0.15, 0.2) is 23.2 Å². The largest absolute Gasteiger partial charge is 0.494 e. The SMILES string of the molecule is CC(=O)c1ccc2[nH]c(O)c(C(=NCCCNC(=O)c3ccccc3)c3ccc4c(c3)OCO4)c2c1. The number of Topliss-reactive ketones (excluding diaryl/α,β-unsaturated/α-hetero) is 1. The summed E-state index contributed by atoms with van der Waals surface area (Å²) in [5.74, 6) is 0.989. The molecule has 1 aromatic heterocycles. The molecule has 1 aliphatic heterocycles. The normalized spacial score (nSPS) is 12.6. The quantitative estimate of drug-likeness (QED) is 0.195. The molecular weight excluding hydrogens is 458 g/mol. The molecule has 1 aliphatic rings. The van der Waals surface area contributed by atoms with Crippen LogP contribution < -0.4 is 14.8 Å². The number of H-pyrrole nitrogens is 1. The van der Waals surface area contributed by atoms with Crippen molar-refractivity contribution >= 4 is 28.3 Å². The molecule has 0 saturated heterocycles. The standard InChI is InChI=1S/C28H25N3O5/c1-17(32)19-8-10-22-21(14-19)25(28(34)31-22)26(20-9-11-23-24(15-20)36-16-35-23)29-12-5-13-30-27(33)18-6-3-2-4-7-18/h2-4,6-11,14-15,31,34H,5,12-13,16H2,1H3,(H,30,33). The zero-order chi connectivity index (χ0) is 25.1. The molecule has 3 N–H and O–H groups in total. The number of rotatable bonds is 8. The lowest BCUT2D eigenvalue weighted by Gasteiger charge is -2.10. The molecule has 0 atom stereocenters. The molecule has 182 valence electrons. The Morgan fingerprint density at radius 1 is 0.972 bits per heavy atom. The first-order valence-corrected chi connectivity index (χ1v) is 11.6. The molecular formula is C28H25N3O5. The fourth-order valence-corrected chi connectivity index (χ4v) is 4.16. The van der Waals surface area contributed by atoms with E-state index < -0.39 is 0 Å². The van der Waals surface area contributed by atoms with Crippen molar-refractivity contribution in [3.63, 3.8) is 0 Å². The van der Waals surface area contributed by atoms with Crippen LogP contribution in [0.2, 0.25) is 0 Å². The molecule has 4 aromatic rings. The van der Waals surface area contributed by atoms with E-state index in [4.69, 9.17) is 14.5 Å². The highest BCUT2D eigenvalue weighted by atomic mass is 16.7. The van der Waals surface area contributed by atoms with Gasteiger partial charge in [0.2, 0.25) is 6.79 Å². The first kappa shape index (κ1) is 23.2. The van der Waals surface area contributed by atoms with E-state index in [0.717, 1.165) is 5.56 Å². The molecule has 0 aliphatic carbocycles. The third kappa shape index (κ3) is 4.65. The van der Waals surface area contributed by atoms with Gasteiger partial charge in [0.25, 0.3) is 5.91 Å². The zero-order valence-electron chi connectivity index (χ0n) is 19.7. The summed E-state index contributed by atoms with van der Waals surface area (Å²) in [4.78, 5) is 32.1. The minimum atomic E-state index is -0.137. The monoisotopic (exact) mass is 483 g/mol. The Morgan fingerprint density at radius 2 is 1.75 bits per heavy atom. The predicted molar refractivity (Wildman–Crippen MR) is 136 cm³/mol. The second-order valence-electron chi connectivity index (χ2n) is 8.44. The highest BCUT2D eigenvalue weighted by Crippen LogP contribution is 2.36. The lowest BCUT2D eigenvalue weighted by atomic mass is 9.98. The molecule has 0 spiro atoms. The number of aliphatic imine (C=N–C) groups is 1. The van der Waals surface area contributed by atoms with E-state index >= 15 is 0 Å². The molecule has 0 saturated carbocycles. The van der Waals surface area contributed by atoms with Crippen molar-refractivity contribution in [1.82, 2.24) is 10.3 Å². The first-order valence-electron chi connectivity index (χ1n) is 11.6. The fourth-order valence-electron chi connectivity index (χ4n) is 4.16. The number of hydrogen-bond acceptors (Lipinski definition) is 6. The Kier molecular flexibility index (Phi) is 6.40. The van der Waals surface area contributed by atoms with Gasteiger partial charge in [0.1, 0.15) is 0 Å². The van der Waals surface area contributed by atoms with E-state index in [1.807, 2.05) is 30.3 Å². The molecule has 3 aromatic carbocycles. The second-order valence-corrected chi connectivity index (χ2v) is 8.44. The lowest BCUT2D eigenvalue weighted by molar-refractivity contribution is 0.0952. The Bertz CT molecular complexity index is 1470. The number of aromatic amines is 1. The summed E-state index contributed by atoms with van der Waals surface area (Å²) < 4.78 is 11.0. The summed E-state index contributed by atoms with van der Waals surface area (Å²) in [5.41, 5.74) is 3.61. The van der Waals surface area contributed by atoms with Crippen LogP contribution in [0.15, 0.2) is 71.7 Å². The van der Waals surface area contributed by atoms with Crippen LogP contribution in [0.5, 0.6) is 17.4 Å². The van der Waals surface area contributed by atoms with Crippen molar-refractivity contribution in [3.8, 4) is 17.4 Å². The number of amides is 1. The fraction of sp³-hybridized carbons (Fsp3) is 0.179. The van der Waals surface area contributed by atoms with Crippen molar-refractivity contribution in [2.45, 2.75) is 13.3 Å². The number of carbonyl (C=O) groups is 2. The van der Waals surface area contributed by atoms with Crippen LogP contribution in [0.1, 0.15) is 45.2 Å². The summed E-state index contributed by atoms with van der Waals surface area (Å²) in [5, 5.41) is 14.4. The third-order valence-corrected chi connectivity index (χ3v) is 5.99. The van der Waals surface area contributed by atoms with Gasteiger partial charge >= 0.3 is 0 Å². The molecule has 8 heteroatoms. The molecule has 0 bridgehead atoms. The molecule has 0 fully saturated rings. The molecule has 8 nitrogen and oxygen atoms in total. The van der Waals surface area contributed by atoms with Gasteiger partial charge in [-0.2, -0.15) is 0 Å². The topological polar surface area (TPSA) is 113 Å².